The van der Waals surface area contributed by atoms with Gasteiger partial charge >= 0.3 is 0 Å². The van der Waals surface area contributed by atoms with Crippen LogP contribution in [0.25, 0.3) is 10.2 Å². The Kier molecular flexibility index (Phi) is 8.25. The summed E-state index contributed by atoms with van der Waals surface area (Å²) in [7, 11) is -1.97. The minimum Gasteiger partial charge on any atom is -0.497 e. The molecule has 10 heteroatoms. The minimum atomic E-state index is -3.50. The maximum atomic E-state index is 13.3. The first-order chi connectivity index (χ1) is 16.9. The van der Waals surface area contributed by atoms with Gasteiger partial charge in [-0.25, -0.2) is 13.4 Å². The fourth-order valence-corrected chi connectivity index (χ4v) is 6.32. The normalized spacial score (nSPS) is 15.9. The van der Waals surface area contributed by atoms with Crippen LogP contribution in [0.15, 0.2) is 47.4 Å². The van der Waals surface area contributed by atoms with Crippen molar-refractivity contribution in [3.8, 4) is 11.5 Å². The largest absolute Gasteiger partial charge is 0.497 e. The van der Waals surface area contributed by atoms with Gasteiger partial charge in [-0.15, -0.1) is 0 Å². The highest BCUT2D eigenvalue weighted by Crippen LogP contribution is 2.33. The summed E-state index contributed by atoms with van der Waals surface area (Å²) in [6, 6.07) is 12.0. The lowest BCUT2D eigenvalue weighted by atomic mass is 10.2. The van der Waals surface area contributed by atoms with Gasteiger partial charge < -0.3 is 14.2 Å². The summed E-state index contributed by atoms with van der Waals surface area (Å²) in [5.41, 5.74) is 0.792. The first kappa shape index (κ1) is 25.4. The van der Waals surface area contributed by atoms with E-state index in [0.717, 1.165) is 28.8 Å². The Morgan fingerprint density at radius 3 is 2.66 bits per heavy atom. The third kappa shape index (κ3) is 6.31. The lowest BCUT2D eigenvalue weighted by Crippen LogP contribution is -2.37. The number of hydrogen-bond acceptors (Lipinski definition) is 8. The van der Waals surface area contributed by atoms with Crippen LogP contribution in [0, 0.1) is 0 Å². The molecule has 1 aliphatic heterocycles. The molecule has 0 radical (unpaired) electrons. The Hall–Kier alpha value is -2.69. The van der Waals surface area contributed by atoms with Gasteiger partial charge in [0.05, 0.1) is 47.2 Å². The number of hydrogen-bond donors (Lipinski definition) is 0. The molecule has 2 aromatic carbocycles. The van der Waals surface area contributed by atoms with Crippen LogP contribution in [0.4, 0.5) is 5.13 Å². The van der Waals surface area contributed by atoms with Crippen LogP contribution < -0.4 is 14.4 Å². The highest BCUT2D eigenvalue weighted by atomic mass is 32.2. The summed E-state index contributed by atoms with van der Waals surface area (Å²) in [6.45, 7) is 3.59. The molecule has 2 heterocycles. The Bertz CT molecular complexity index is 1250. The Morgan fingerprint density at radius 2 is 1.97 bits per heavy atom. The van der Waals surface area contributed by atoms with Crippen LogP contribution in [-0.4, -0.2) is 58.0 Å². The van der Waals surface area contributed by atoms with Crippen LogP contribution in [0.2, 0.25) is 0 Å². The van der Waals surface area contributed by atoms with E-state index in [-0.39, 0.29) is 35.5 Å². The summed E-state index contributed by atoms with van der Waals surface area (Å²) in [5, 5.41) is 0.590. The molecule has 4 rings (SSSR count). The number of rotatable bonds is 11. The van der Waals surface area contributed by atoms with Gasteiger partial charge in [0.2, 0.25) is 5.91 Å². The molecule has 0 N–H and O–H groups in total. The van der Waals surface area contributed by atoms with E-state index in [2.05, 4.69) is 4.98 Å². The van der Waals surface area contributed by atoms with Crippen molar-refractivity contribution in [1.29, 1.82) is 0 Å². The molecule has 1 unspecified atom stereocenters. The quantitative estimate of drug-likeness (QED) is 0.370. The molecule has 8 nitrogen and oxygen atoms in total. The Balaban J connectivity index is 1.47. The molecule has 188 valence electrons. The minimum absolute atomic E-state index is 0.0482. The molecule has 1 aliphatic rings. The van der Waals surface area contributed by atoms with Crippen LogP contribution in [-0.2, 0) is 19.4 Å². The average Bonchev–Trinajstić information content (AvgIpc) is 3.52. The zero-order valence-electron chi connectivity index (χ0n) is 19.9. The average molecular weight is 519 g/mol. The van der Waals surface area contributed by atoms with Crippen LogP contribution in [0.5, 0.6) is 11.5 Å². The highest BCUT2D eigenvalue weighted by molar-refractivity contribution is 7.91. The van der Waals surface area contributed by atoms with Gasteiger partial charge in [-0.1, -0.05) is 11.3 Å². The molecule has 0 saturated carbocycles. The predicted octanol–water partition coefficient (Wildman–Crippen LogP) is 4.47. The van der Waals surface area contributed by atoms with Gasteiger partial charge in [-0.2, -0.15) is 0 Å². The maximum absolute atomic E-state index is 13.3. The van der Waals surface area contributed by atoms with E-state index in [4.69, 9.17) is 14.2 Å². The molecular formula is C25H30N2O6S2. The number of ether oxygens (including phenoxy) is 3. The Labute approximate surface area is 209 Å². The van der Waals surface area contributed by atoms with E-state index in [1.807, 2.05) is 25.1 Å². The zero-order chi connectivity index (χ0) is 24.8. The van der Waals surface area contributed by atoms with Crippen molar-refractivity contribution in [3.05, 3.63) is 42.5 Å². The number of benzene rings is 2. The van der Waals surface area contributed by atoms with E-state index in [1.54, 1.807) is 17.0 Å². The second-order valence-electron chi connectivity index (χ2n) is 8.30. The van der Waals surface area contributed by atoms with Crippen LogP contribution in [0.1, 0.15) is 32.6 Å². The summed E-state index contributed by atoms with van der Waals surface area (Å²) in [4.78, 5) is 19.8. The first-order valence-corrected chi connectivity index (χ1v) is 14.2. The number of anilines is 1. The van der Waals surface area contributed by atoms with Gasteiger partial charge in [0.25, 0.3) is 0 Å². The molecular weight excluding hydrogens is 488 g/mol. The molecule has 3 aromatic rings. The third-order valence-corrected chi connectivity index (χ3v) is 8.68. The van der Waals surface area contributed by atoms with E-state index in [9.17, 15) is 13.2 Å². The van der Waals surface area contributed by atoms with Gasteiger partial charge in [0, 0.05) is 13.0 Å². The fraction of sp³-hybridized carbons (Fsp3) is 0.440. The lowest BCUT2D eigenvalue weighted by molar-refractivity contribution is -0.119. The number of carbonyl (C=O) groups is 1. The number of aromatic nitrogens is 1. The second kappa shape index (κ2) is 11.4. The van der Waals surface area contributed by atoms with E-state index in [1.165, 1.54) is 30.6 Å². The van der Waals surface area contributed by atoms with Gasteiger partial charge in [-0.3, -0.25) is 9.69 Å². The number of methoxy groups -OCH3 is 1. The standard InChI is InChI=1S/C25H30N2O6S2/c1-3-32-19-10-13-22-23(16-19)34-25(26-22)27(17-20-6-4-14-33-20)24(28)7-5-15-35(29,30)21-11-8-18(31-2)9-12-21/h8-13,16,20H,3-7,14-15,17H2,1-2H3. The molecule has 1 atom stereocenters. The monoisotopic (exact) mass is 518 g/mol. The number of sulfone groups is 1. The van der Waals surface area contributed by atoms with Gasteiger partial charge in [0.1, 0.15) is 11.5 Å². The molecule has 1 fully saturated rings. The number of thiazole rings is 1. The third-order valence-electron chi connectivity index (χ3n) is 5.82. The SMILES string of the molecule is CCOc1ccc2nc(N(CC3CCCO3)C(=O)CCCS(=O)(=O)c3ccc(OC)cc3)sc2c1. The zero-order valence-corrected chi connectivity index (χ0v) is 21.6. The smallest absolute Gasteiger partial charge is 0.228 e. The topological polar surface area (TPSA) is 95.0 Å². The molecule has 0 bridgehead atoms. The number of fused-ring (bicyclic) bond motifs is 1. The predicted molar refractivity (Wildman–Crippen MR) is 136 cm³/mol. The van der Waals surface area contributed by atoms with Crippen LogP contribution >= 0.6 is 11.3 Å². The van der Waals surface area contributed by atoms with Crippen molar-refractivity contribution in [2.75, 3.05) is 37.5 Å². The molecule has 0 spiro atoms. The van der Waals surface area contributed by atoms with Crippen molar-refractivity contribution in [2.24, 2.45) is 0 Å². The van der Waals surface area contributed by atoms with Gasteiger partial charge in [-0.05, 0) is 68.7 Å². The van der Waals surface area contributed by atoms with Gasteiger partial charge in [0.15, 0.2) is 15.0 Å². The number of nitrogens with zero attached hydrogens (tertiary/aromatic N) is 2. The van der Waals surface area contributed by atoms with Crippen molar-refractivity contribution >= 4 is 42.4 Å². The van der Waals surface area contributed by atoms with Crippen molar-refractivity contribution in [3.63, 3.8) is 0 Å². The second-order valence-corrected chi connectivity index (χ2v) is 11.4. The van der Waals surface area contributed by atoms with Crippen molar-refractivity contribution < 1.29 is 27.4 Å². The number of amides is 1. The summed E-state index contributed by atoms with van der Waals surface area (Å²) in [5.74, 6) is 1.08. The van der Waals surface area contributed by atoms with E-state index in [0.29, 0.717) is 30.6 Å². The van der Waals surface area contributed by atoms with E-state index < -0.39 is 9.84 Å². The van der Waals surface area contributed by atoms with Crippen molar-refractivity contribution in [2.45, 2.75) is 43.6 Å². The fourth-order valence-electron chi connectivity index (χ4n) is 3.99. The van der Waals surface area contributed by atoms with Crippen LogP contribution in [0.3, 0.4) is 0 Å². The van der Waals surface area contributed by atoms with Crippen molar-refractivity contribution in [1.82, 2.24) is 4.98 Å². The lowest BCUT2D eigenvalue weighted by Gasteiger charge is -2.23. The highest BCUT2D eigenvalue weighted by Gasteiger charge is 2.26. The summed E-state index contributed by atoms with van der Waals surface area (Å²) < 4.78 is 42.8. The molecule has 1 saturated heterocycles. The molecule has 35 heavy (non-hydrogen) atoms. The summed E-state index contributed by atoms with van der Waals surface area (Å²) in [6.07, 6.45) is 2.11. The van der Waals surface area contributed by atoms with E-state index >= 15 is 0 Å². The molecule has 0 aliphatic carbocycles. The Morgan fingerprint density at radius 1 is 1.20 bits per heavy atom. The maximum Gasteiger partial charge on any atom is 0.228 e. The number of carbonyl (C=O) groups excluding carboxylic acids is 1. The molecule has 1 amide bonds. The summed E-state index contributed by atoms with van der Waals surface area (Å²) >= 11 is 1.42. The molecule has 1 aromatic heterocycles. The first-order valence-electron chi connectivity index (χ1n) is 11.7.